The number of rotatable bonds is 4. The van der Waals surface area contributed by atoms with Gasteiger partial charge in [0.25, 0.3) is 5.92 Å². The maximum Gasteiger partial charge on any atom is 0.339 e. The average molecular weight is 302 g/mol. The zero-order chi connectivity index (χ0) is 14.1. The standard InChI is InChI=1S/C10H10F3NO4.ClH/c11-5-2-1-4(9(17)18)7(16)6(5)8(14)10(12,13)3-15;/h1-2,8,15-16H,3,14H2,(H,17,18);1H/t8-;/m1./s1. The van der Waals surface area contributed by atoms with E-state index >= 15 is 0 Å². The van der Waals surface area contributed by atoms with Gasteiger partial charge in [-0.1, -0.05) is 0 Å². The topological polar surface area (TPSA) is 104 Å². The summed E-state index contributed by atoms with van der Waals surface area (Å²) in [6.07, 6.45) is 0. The van der Waals surface area contributed by atoms with Crippen LogP contribution in [0.25, 0.3) is 0 Å². The Balaban J connectivity index is 0.00000324. The number of carbonyl (C=O) groups is 1. The molecular weight excluding hydrogens is 291 g/mol. The van der Waals surface area contributed by atoms with Crippen molar-refractivity contribution in [3.63, 3.8) is 0 Å². The molecule has 0 heterocycles. The van der Waals surface area contributed by atoms with Crippen LogP contribution in [0.3, 0.4) is 0 Å². The molecule has 0 aliphatic heterocycles. The van der Waals surface area contributed by atoms with E-state index in [4.69, 9.17) is 15.9 Å². The third kappa shape index (κ3) is 3.28. The summed E-state index contributed by atoms with van der Waals surface area (Å²) in [5.74, 6) is -7.97. The molecule has 1 rings (SSSR count). The van der Waals surface area contributed by atoms with Crippen molar-refractivity contribution in [3.8, 4) is 5.75 Å². The van der Waals surface area contributed by atoms with E-state index < -0.39 is 47.2 Å². The monoisotopic (exact) mass is 301 g/mol. The van der Waals surface area contributed by atoms with Crippen molar-refractivity contribution in [1.29, 1.82) is 0 Å². The van der Waals surface area contributed by atoms with E-state index in [0.29, 0.717) is 6.07 Å². The van der Waals surface area contributed by atoms with Crippen molar-refractivity contribution in [2.75, 3.05) is 6.61 Å². The van der Waals surface area contributed by atoms with E-state index in [-0.39, 0.29) is 12.4 Å². The van der Waals surface area contributed by atoms with E-state index in [2.05, 4.69) is 0 Å². The van der Waals surface area contributed by atoms with Crippen molar-refractivity contribution >= 4 is 18.4 Å². The summed E-state index contributed by atoms with van der Waals surface area (Å²) in [6.45, 7) is -1.66. The molecular formula is C10H11ClF3NO4. The molecule has 0 fully saturated rings. The van der Waals surface area contributed by atoms with Crippen LogP contribution in [0.5, 0.6) is 5.75 Å². The smallest absolute Gasteiger partial charge is 0.339 e. The predicted octanol–water partition coefficient (Wildman–Crippen LogP) is 1.28. The van der Waals surface area contributed by atoms with Crippen LogP contribution in [0.2, 0.25) is 0 Å². The maximum absolute atomic E-state index is 13.4. The number of aromatic hydroxyl groups is 1. The number of benzene rings is 1. The quantitative estimate of drug-likeness (QED) is 0.670. The van der Waals surface area contributed by atoms with Crippen LogP contribution < -0.4 is 5.73 Å². The lowest BCUT2D eigenvalue weighted by Gasteiger charge is -2.23. The lowest BCUT2D eigenvalue weighted by Crippen LogP contribution is -2.37. The minimum atomic E-state index is -3.89. The van der Waals surface area contributed by atoms with Gasteiger partial charge in [-0.2, -0.15) is 0 Å². The third-order valence-corrected chi connectivity index (χ3v) is 2.37. The van der Waals surface area contributed by atoms with Gasteiger partial charge in [0.05, 0.1) is 5.56 Å². The Bertz CT molecular complexity index is 484. The van der Waals surface area contributed by atoms with E-state index in [9.17, 15) is 23.1 Å². The number of hydrogen-bond acceptors (Lipinski definition) is 4. The van der Waals surface area contributed by atoms with Gasteiger partial charge in [-0.3, -0.25) is 0 Å². The number of aliphatic hydroxyl groups is 1. The highest BCUT2D eigenvalue weighted by Crippen LogP contribution is 2.37. The molecule has 0 amide bonds. The van der Waals surface area contributed by atoms with E-state index in [0.717, 1.165) is 6.07 Å². The Labute approximate surface area is 111 Å². The molecule has 1 aromatic rings. The molecule has 108 valence electrons. The van der Waals surface area contributed by atoms with Gasteiger partial charge in [0, 0.05) is 0 Å². The fourth-order valence-electron chi connectivity index (χ4n) is 1.36. The van der Waals surface area contributed by atoms with Gasteiger partial charge in [-0.15, -0.1) is 12.4 Å². The molecule has 5 N–H and O–H groups in total. The molecule has 0 radical (unpaired) electrons. The number of aliphatic hydroxyl groups excluding tert-OH is 1. The summed E-state index contributed by atoms with van der Waals surface area (Å²) in [7, 11) is 0. The molecule has 1 atom stereocenters. The Hall–Kier alpha value is -1.51. The van der Waals surface area contributed by atoms with E-state index in [1.54, 1.807) is 0 Å². The number of halogens is 4. The number of nitrogens with two attached hydrogens (primary N) is 1. The second-order valence-electron chi connectivity index (χ2n) is 3.56. The molecule has 0 saturated carbocycles. The molecule has 0 aromatic heterocycles. The van der Waals surface area contributed by atoms with Crippen LogP contribution in [-0.2, 0) is 0 Å². The molecule has 19 heavy (non-hydrogen) atoms. The number of phenols is 1. The third-order valence-electron chi connectivity index (χ3n) is 2.37. The highest BCUT2D eigenvalue weighted by atomic mass is 35.5. The van der Waals surface area contributed by atoms with Gasteiger partial charge < -0.3 is 21.1 Å². The first-order valence-electron chi connectivity index (χ1n) is 4.71. The molecule has 9 heteroatoms. The van der Waals surface area contributed by atoms with Crippen molar-refractivity contribution in [2.45, 2.75) is 12.0 Å². The first-order valence-corrected chi connectivity index (χ1v) is 4.71. The number of carboxylic acids is 1. The van der Waals surface area contributed by atoms with Gasteiger partial charge >= 0.3 is 5.97 Å². The second kappa shape index (κ2) is 6.09. The molecule has 0 bridgehead atoms. The molecule has 0 unspecified atom stereocenters. The number of alkyl halides is 2. The SMILES string of the molecule is Cl.N[C@H](c1c(F)ccc(C(=O)O)c1O)C(F)(F)CO. The van der Waals surface area contributed by atoms with E-state index in [1.807, 2.05) is 0 Å². The first-order chi connectivity index (χ1) is 8.22. The van der Waals surface area contributed by atoms with Gasteiger partial charge in [0.15, 0.2) is 0 Å². The molecule has 0 saturated heterocycles. The molecule has 5 nitrogen and oxygen atoms in total. The van der Waals surface area contributed by atoms with Crippen molar-refractivity contribution in [1.82, 2.24) is 0 Å². The Morgan fingerprint density at radius 2 is 1.95 bits per heavy atom. The van der Waals surface area contributed by atoms with Crippen molar-refractivity contribution < 1.29 is 33.3 Å². The van der Waals surface area contributed by atoms with Crippen LogP contribution in [-0.4, -0.2) is 33.8 Å². The Morgan fingerprint density at radius 3 is 2.37 bits per heavy atom. The summed E-state index contributed by atoms with van der Waals surface area (Å²) in [5, 5.41) is 26.6. The Morgan fingerprint density at radius 1 is 1.42 bits per heavy atom. The van der Waals surface area contributed by atoms with Crippen LogP contribution in [0.15, 0.2) is 12.1 Å². The van der Waals surface area contributed by atoms with Crippen molar-refractivity contribution in [3.05, 3.63) is 29.1 Å². The first kappa shape index (κ1) is 17.5. The molecule has 0 aliphatic rings. The van der Waals surface area contributed by atoms with Gasteiger partial charge in [0.1, 0.15) is 29.8 Å². The van der Waals surface area contributed by atoms with Crippen LogP contribution >= 0.6 is 12.4 Å². The minimum Gasteiger partial charge on any atom is -0.507 e. The summed E-state index contributed by atoms with van der Waals surface area (Å²) in [6, 6.07) is -1.03. The van der Waals surface area contributed by atoms with Crippen molar-refractivity contribution in [2.24, 2.45) is 5.73 Å². The maximum atomic E-state index is 13.4. The zero-order valence-corrected chi connectivity index (χ0v) is 10.1. The minimum absolute atomic E-state index is 0. The number of carboxylic acid groups (broad SMARTS) is 1. The van der Waals surface area contributed by atoms with Gasteiger partial charge in [0.2, 0.25) is 0 Å². The fraction of sp³-hybridized carbons (Fsp3) is 0.300. The summed E-state index contributed by atoms with van der Waals surface area (Å²) >= 11 is 0. The summed E-state index contributed by atoms with van der Waals surface area (Å²) in [4.78, 5) is 10.7. The van der Waals surface area contributed by atoms with Crippen LogP contribution in [0.4, 0.5) is 13.2 Å². The molecule has 0 spiro atoms. The number of aromatic carboxylic acids is 1. The largest absolute Gasteiger partial charge is 0.507 e. The lowest BCUT2D eigenvalue weighted by molar-refractivity contribution is -0.0723. The lowest BCUT2D eigenvalue weighted by atomic mass is 9.97. The van der Waals surface area contributed by atoms with Gasteiger partial charge in [-0.25, -0.2) is 18.0 Å². The Kier molecular flexibility index (Phi) is 5.61. The summed E-state index contributed by atoms with van der Waals surface area (Å²) < 4.78 is 39.6. The van der Waals surface area contributed by atoms with Crippen LogP contribution in [0, 0.1) is 5.82 Å². The predicted molar refractivity (Wildman–Crippen MR) is 61.2 cm³/mol. The number of hydrogen-bond donors (Lipinski definition) is 4. The van der Waals surface area contributed by atoms with Crippen LogP contribution in [0.1, 0.15) is 22.0 Å². The summed E-state index contributed by atoms with van der Waals surface area (Å²) in [5.41, 5.74) is 3.25. The highest BCUT2D eigenvalue weighted by molar-refractivity contribution is 5.91. The molecule has 0 aliphatic carbocycles. The molecule has 1 aromatic carbocycles. The fourth-order valence-corrected chi connectivity index (χ4v) is 1.36. The average Bonchev–Trinajstić information content (AvgIpc) is 2.28. The van der Waals surface area contributed by atoms with E-state index in [1.165, 1.54) is 0 Å². The second-order valence-corrected chi connectivity index (χ2v) is 3.56. The highest BCUT2D eigenvalue weighted by Gasteiger charge is 2.41. The van der Waals surface area contributed by atoms with Gasteiger partial charge in [-0.05, 0) is 12.1 Å². The zero-order valence-electron chi connectivity index (χ0n) is 9.31. The normalized spacial score (nSPS) is 12.7.